The second kappa shape index (κ2) is 9.24. The molecular formula is C24H26N4O3S. The zero-order chi connectivity index (χ0) is 21.9. The quantitative estimate of drug-likeness (QED) is 0.559. The number of aromatic nitrogens is 3. The van der Waals surface area contributed by atoms with Gasteiger partial charge >= 0.3 is 0 Å². The molecule has 2 atom stereocenters. The molecule has 0 saturated heterocycles. The molecule has 3 aromatic rings. The maximum Gasteiger partial charge on any atom is 0.231 e. The van der Waals surface area contributed by atoms with E-state index in [0.717, 1.165) is 23.4 Å². The van der Waals surface area contributed by atoms with Crippen LogP contribution in [0.15, 0.2) is 53.7 Å². The van der Waals surface area contributed by atoms with Crippen molar-refractivity contribution in [1.82, 2.24) is 20.1 Å². The summed E-state index contributed by atoms with van der Waals surface area (Å²) in [5, 5.41) is 12.8. The number of ether oxygens (including phenoxy) is 2. The highest BCUT2D eigenvalue weighted by atomic mass is 32.2. The molecule has 2 aliphatic rings. The Balaban J connectivity index is 1.38. The molecule has 1 aliphatic heterocycles. The highest BCUT2D eigenvalue weighted by Crippen LogP contribution is 2.37. The Morgan fingerprint density at radius 3 is 2.75 bits per heavy atom. The molecule has 0 unspecified atom stereocenters. The van der Waals surface area contributed by atoms with E-state index in [-0.39, 0.29) is 18.7 Å². The molecule has 1 fully saturated rings. The molecule has 0 bridgehead atoms. The number of nitrogens with one attached hydrogen (secondary N) is 1. The van der Waals surface area contributed by atoms with Crippen LogP contribution in [0.4, 0.5) is 0 Å². The molecule has 5 rings (SSSR count). The van der Waals surface area contributed by atoms with Crippen LogP contribution >= 0.6 is 11.8 Å². The first kappa shape index (κ1) is 20.9. The molecule has 0 spiro atoms. The number of nitrogens with zero attached hydrogens (tertiary/aromatic N) is 3. The third-order valence-electron chi connectivity index (χ3n) is 6.07. The lowest BCUT2D eigenvalue weighted by molar-refractivity contribution is -0.119. The maximum atomic E-state index is 12.7. The van der Waals surface area contributed by atoms with Crippen LogP contribution < -0.4 is 14.8 Å². The molecule has 32 heavy (non-hydrogen) atoms. The minimum Gasteiger partial charge on any atom is -0.454 e. The van der Waals surface area contributed by atoms with Crippen LogP contribution in [0, 0.1) is 5.92 Å². The molecular weight excluding hydrogens is 424 g/mol. The van der Waals surface area contributed by atoms with Gasteiger partial charge in [0.1, 0.15) is 0 Å². The fourth-order valence-electron chi connectivity index (χ4n) is 4.31. The smallest absolute Gasteiger partial charge is 0.231 e. The van der Waals surface area contributed by atoms with E-state index in [0.29, 0.717) is 28.4 Å². The largest absolute Gasteiger partial charge is 0.454 e. The van der Waals surface area contributed by atoms with Gasteiger partial charge in [-0.1, -0.05) is 49.7 Å². The summed E-state index contributed by atoms with van der Waals surface area (Å²) in [5.74, 6) is 2.99. The van der Waals surface area contributed by atoms with Crippen molar-refractivity contribution < 1.29 is 14.3 Å². The predicted molar refractivity (Wildman–Crippen MR) is 123 cm³/mol. The highest BCUT2D eigenvalue weighted by molar-refractivity contribution is 7.99. The lowest BCUT2D eigenvalue weighted by Crippen LogP contribution is -2.41. The Hall–Kier alpha value is -3.00. The Bertz CT molecular complexity index is 1100. The first-order chi connectivity index (χ1) is 15.7. The molecule has 0 radical (unpaired) electrons. The summed E-state index contributed by atoms with van der Waals surface area (Å²) in [6.45, 7) is 2.45. The third kappa shape index (κ3) is 4.32. The summed E-state index contributed by atoms with van der Waals surface area (Å²) in [6, 6.07) is 16.0. The van der Waals surface area contributed by atoms with Gasteiger partial charge in [-0.05, 0) is 49.1 Å². The van der Waals surface area contributed by atoms with Gasteiger partial charge in [-0.2, -0.15) is 0 Å². The average Bonchev–Trinajstić information content (AvgIpc) is 3.46. The molecule has 2 aromatic carbocycles. The number of carbonyl (C=O) groups excluding carboxylic acids is 1. The van der Waals surface area contributed by atoms with Crippen LogP contribution in [0.2, 0.25) is 0 Å². The van der Waals surface area contributed by atoms with Crippen LogP contribution in [-0.2, 0) is 4.79 Å². The van der Waals surface area contributed by atoms with Gasteiger partial charge in [-0.15, -0.1) is 10.2 Å². The van der Waals surface area contributed by atoms with Gasteiger partial charge in [0.2, 0.25) is 12.7 Å². The molecule has 2 heterocycles. The lowest BCUT2D eigenvalue weighted by atomic mass is 9.86. The second-order valence-electron chi connectivity index (χ2n) is 8.27. The normalized spacial score (nSPS) is 19.7. The van der Waals surface area contributed by atoms with Crippen molar-refractivity contribution in [3.8, 4) is 28.6 Å². The van der Waals surface area contributed by atoms with E-state index >= 15 is 0 Å². The molecule has 8 heteroatoms. The van der Waals surface area contributed by atoms with Crippen LogP contribution in [-0.4, -0.2) is 39.3 Å². The topological polar surface area (TPSA) is 78.3 Å². The lowest BCUT2D eigenvalue weighted by Gasteiger charge is -2.29. The summed E-state index contributed by atoms with van der Waals surface area (Å²) < 4.78 is 13.0. The second-order valence-corrected chi connectivity index (χ2v) is 9.21. The first-order valence-corrected chi connectivity index (χ1v) is 12.0. The number of carbonyl (C=O) groups is 1. The number of rotatable bonds is 6. The van der Waals surface area contributed by atoms with E-state index in [1.165, 1.54) is 31.0 Å². The predicted octanol–water partition coefficient (Wildman–Crippen LogP) is 4.45. The summed E-state index contributed by atoms with van der Waals surface area (Å²) in [5.41, 5.74) is 1.81. The Labute approximate surface area is 191 Å². The fraction of sp³-hybridized carbons (Fsp3) is 0.375. The van der Waals surface area contributed by atoms with E-state index in [9.17, 15) is 4.79 Å². The Kier molecular flexibility index (Phi) is 6.03. The van der Waals surface area contributed by atoms with E-state index in [1.807, 2.05) is 53.1 Å². The van der Waals surface area contributed by atoms with Gasteiger partial charge in [0.05, 0.1) is 5.75 Å². The van der Waals surface area contributed by atoms with Crippen LogP contribution in [0.5, 0.6) is 11.5 Å². The molecule has 1 aromatic heterocycles. The number of para-hydroxylation sites is 1. The molecule has 166 valence electrons. The number of fused-ring (bicyclic) bond motifs is 1. The van der Waals surface area contributed by atoms with E-state index in [2.05, 4.69) is 22.4 Å². The molecule has 1 N–H and O–H groups in total. The van der Waals surface area contributed by atoms with Crippen LogP contribution in [0.1, 0.15) is 32.6 Å². The van der Waals surface area contributed by atoms with Crippen molar-refractivity contribution in [3.63, 3.8) is 0 Å². The van der Waals surface area contributed by atoms with Crippen LogP contribution in [0.3, 0.4) is 0 Å². The molecule has 1 amide bonds. The van der Waals surface area contributed by atoms with E-state index in [4.69, 9.17) is 9.47 Å². The number of benzene rings is 2. The maximum absolute atomic E-state index is 12.7. The van der Waals surface area contributed by atoms with E-state index in [1.54, 1.807) is 0 Å². The van der Waals surface area contributed by atoms with Gasteiger partial charge in [0.25, 0.3) is 0 Å². The van der Waals surface area contributed by atoms with Crippen LogP contribution in [0.25, 0.3) is 17.1 Å². The van der Waals surface area contributed by atoms with Gasteiger partial charge < -0.3 is 14.8 Å². The number of thioether (sulfide) groups is 1. The fourth-order valence-corrected chi connectivity index (χ4v) is 5.07. The average molecular weight is 451 g/mol. The Morgan fingerprint density at radius 2 is 1.91 bits per heavy atom. The zero-order valence-corrected chi connectivity index (χ0v) is 18.8. The molecule has 1 saturated carbocycles. The molecule has 1 aliphatic carbocycles. The summed E-state index contributed by atoms with van der Waals surface area (Å²) in [7, 11) is 0. The monoisotopic (exact) mass is 450 g/mol. The number of amides is 1. The van der Waals surface area contributed by atoms with Crippen molar-refractivity contribution in [3.05, 3.63) is 48.5 Å². The van der Waals surface area contributed by atoms with Gasteiger partial charge in [0, 0.05) is 17.3 Å². The number of hydrogen-bond acceptors (Lipinski definition) is 6. The summed E-state index contributed by atoms with van der Waals surface area (Å²) >= 11 is 1.40. The van der Waals surface area contributed by atoms with Crippen molar-refractivity contribution in [2.45, 2.75) is 43.8 Å². The third-order valence-corrected chi connectivity index (χ3v) is 7.00. The SMILES string of the molecule is C[C@@H]1CCCC[C@H]1NC(=O)CSc1nnc(-c2ccc3c(c2)OCO3)n1-c1ccccc1. The van der Waals surface area contributed by atoms with Crippen molar-refractivity contribution in [1.29, 1.82) is 0 Å². The van der Waals surface area contributed by atoms with Crippen molar-refractivity contribution in [2.75, 3.05) is 12.5 Å². The highest BCUT2D eigenvalue weighted by Gasteiger charge is 2.24. The van der Waals surface area contributed by atoms with Crippen molar-refractivity contribution in [2.24, 2.45) is 5.92 Å². The number of hydrogen-bond donors (Lipinski definition) is 1. The zero-order valence-electron chi connectivity index (χ0n) is 18.0. The van der Waals surface area contributed by atoms with Gasteiger partial charge in [-0.3, -0.25) is 9.36 Å². The van der Waals surface area contributed by atoms with Crippen molar-refractivity contribution >= 4 is 17.7 Å². The van der Waals surface area contributed by atoms with Gasteiger partial charge in [-0.25, -0.2) is 0 Å². The summed E-state index contributed by atoms with van der Waals surface area (Å²) in [4.78, 5) is 12.7. The van der Waals surface area contributed by atoms with Gasteiger partial charge in [0.15, 0.2) is 22.5 Å². The molecule has 7 nitrogen and oxygen atoms in total. The standard InChI is InChI=1S/C24H26N4O3S/c1-16-7-5-6-10-19(16)25-22(29)14-32-24-27-26-23(28(24)18-8-3-2-4-9-18)17-11-12-20-21(13-17)31-15-30-20/h2-4,8-9,11-13,16,19H,5-7,10,14-15H2,1H3,(H,25,29)/t16-,19-/m1/s1. The minimum absolute atomic E-state index is 0.0426. The van der Waals surface area contributed by atoms with E-state index < -0.39 is 0 Å². The minimum atomic E-state index is 0.0426. The Morgan fingerprint density at radius 1 is 1.09 bits per heavy atom. The first-order valence-electron chi connectivity index (χ1n) is 11.0. The summed E-state index contributed by atoms with van der Waals surface area (Å²) in [6.07, 6.45) is 4.68.